The van der Waals surface area contributed by atoms with Crippen LogP contribution in [0.1, 0.15) is 31.9 Å². The van der Waals surface area contributed by atoms with E-state index >= 15 is 0 Å². The summed E-state index contributed by atoms with van der Waals surface area (Å²) in [4.78, 5) is 12.8. The first-order valence-corrected chi connectivity index (χ1v) is 8.83. The molecule has 0 amide bonds. The smallest absolute Gasteiger partial charge is 0.167 e. The molecule has 4 rings (SSSR count). The highest BCUT2D eigenvalue weighted by Gasteiger charge is 2.44. The summed E-state index contributed by atoms with van der Waals surface area (Å²) < 4.78 is 7.08. The van der Waals surface area contributed by atoms with Gasteiger partial charge in [0, 0.05) is 6.04 Å². The van der Waals surface area contributed by atoms with Crippen molar-refractivity contribution in [2.45, 2.75) is 62.4 Å². The maximum absolute atomic E-state index is 10.2. The zero-order chi connectivity index (χ0) is 18.3. The Labute approximate surface area is 149 Å². The fourth-order valence-corrected chi connectivity index (χ4v) is 3.74. The van der Waals surface area contributed by atoms with Gasteiger partial charge in [-0.2, -0.15) is 0 Å². The Balaban J connectivity index is 1.61. The van der Waals surface area contributed by atoms with Crippen LogP contribution in [-0.4, -0.2) is 77.0 Å². The molecule has 1 aliphatic carbocycles. The lowest BCUT2D eigenvalue weighted by atomic mass is 9.93. The van der Waals surface area contributed by atoms with Gasteiger partial charge in [0.1, 0.15) is 24.6 Å². The second kappa shape index (κ2) is 7.05. The Morgan fingerprint density at radius 1 is 1.15 bits per heavy atom. The molecule has 142 valence electrons. The first kappa shape index (κ1) is 17.6. The van der Waals surface area contributed by atoms with Gasteiger partial charge in [-0.05, 0) is 25.7 Å². The van der Waals surface area contributed by atoms with Crippen molar-refractivity contribution in [3.63, 3.8) is 0 Å². The highest BCUT2D eigenvalue weighted by atomic mass is 16.6. The van der Waals surface area contributed by atoms with Gasteiger partial charge in [-0.15, -0.1) is 0 Å². The van der Waals surface area contributed by atoms with Crippen LogP contribution in [0.2, 0.25) is 0 Å². The molecule has 1 saturated heterocycles. The van der Waals surface area contributed by atoms with Crippen LogP contribution < -0.4 is 5.32 Å². The maximum Gasteiger partial charge on any atom is 0.167 e. The molecule has 1 saturated carbocycles. The lowest BCUT2D eigenvalue weighted by molar-refractivity contribution is -0.0511. The molecular weight excluding hydrogens is 342 g/mol. The number of fused-ring (bicyclic) bond motifs is 1. The molecule has 10 heteroatoms. The fourth-order valence-electron chi connectivity index (χ4n) is 3.74. The van der Waals surface area contributed by atoms with Crippen molar-refractivity contribution in [3.05, 3.63) is 12.7 Å². The summed E-state index contributed by atoms with van der Waals surface area (Å²) in [7, 11) is 0. The summed E-state index contributed by atoms with van der Waals surface area (Å²) in [6, 6.07) is 0.107. The van der Waals surface area contributed by atoms with Gasteiger partial charge in [0.15, 0.2) is 23.2 Å². The largest absolute Gasteiger partial charge is 0.394 e. The third-order valence-corrected chi connectivity index (χ3v) is 5.14. The molecule has 0 bridgehead atoms. The minimum atomic E-state index is -1.20. The number of hydrogen-bond donors (Lipinski definition) is 5. The van der Waals surface area contributed by atoms with E-state index < -0.39 is 31.1 Å². The summed E-state index contributed by atoms with van der Waals surface area (Å²) in [6.07, 6.45) is 1.76. The van der Waals surface area contributed by atoms with Crippen LogP contribution in [0.5, 0.6) is 0 Å². The third kappa shape index (κ3) is 3.03. The molecule has 0 radical (unpaired) electrons. The molecule has 0 spiro atoms. The van der Waals surface area contributed by atoms with E-state index in [0.29, 0.717) is 23.4 Å². The van der Waals surface area contributed by atoms with Gasteiger partial charge in [0.05, 0.1) is 19.0 Å². The van der Waals surface area contributed by atoms with E-state index in [1.165, 1.54) is 17.2 Å². The van der Waals surface area contributed by atoms with E-state index in [0.717, 1.165) is 19.3 Å². The van der Waals surface area contributed by atoms with Gasteiger partial charge < -0.3 is 30.5 Å². The lowest BCUT2D eigenvalue weighted by Gasteiger charge is -2.27. The van der Waals surface area contributed by atoms with Crippen molar-refractivity contribution in [3.8, 4) is 0 Å². The summed E-state index contributed by atoms with van der Waals surface area (Å²) in [5.74, 6) is 0.555. The van der Waals surface area contributed by atoms with Crippen LogP contribution in [0, 0.1) is 0 Å². The quantitative estimate of drug-likeness (QED) is 0.468. The van der Waals surface area contributed by atoms with Crippen LogP contribution in [0.4, 0.5) is 5.82 Å². The maximum atomic E-state index is 10.2. The van der Waals surface area contributed by atoms with Gasteiger partial charge in [0.2, 0.25) is 0 Å². The molecule has 26 heavy (non-hydrogen) atoms. The normalized spacial score (nSPS) is 35.1. The van der Waals surface area contributed by atoms with Crippen LogP contribution in [-0.2, 0) is 4.74 Å². The number of ether oxygens (including phenoxy) is 1. The summed E-state index contributed by atoms with van der Waals surface area (Å²) in [5.41, 5.74) is 0.971. The Kier molecular flexibility index (Phi) is 4.76. The van der Waals surface area contributed by atoms with E-state index in [-0.39, 0.29) is 12.1 Å². The monoisotopic (exact) mass is 365 g/mol. The average Bonchev–Trinajstić information content (AvgIpc) is 3.18. The summed E-state index contributed by atoms with van der Waals surface area (Å²) >= 11 is 0. The number of nitrogens with zero attached hydrogens (tertiary/aromatic N) is 4. The molecule has 1 aliphatic heterocycles. The molecule has 6 atom stereocenters. The Hall–Kier alpha value is -1.85. The standard InChI is InChI=1S/C16H23N5O5/c22-5-10-12(24)13(25)16(26-10)21-7-19-11-14(17-6-18-15(11)21)20-8-2-1-3-9(23)4-8/h6-10,12-13,16,22-25H,1-5H2,(H,17,18,20)/t8-,9+,10+,12+,13+,16+/m0/s1. The third-order valence-electron chi connectivity index (χ3n) is 5.14. The number of hydrogen-bond acceptors (Lipinski definition) is 9. The Bertz CT molecular complexity index is 771. The lowest BCUT2D eigenvalue weighted by Crippen LogP contribution is -2.33. The summed E-state index contributed by atoms with van der Waals surface area (Å²) in [6.45, 7) is -0.396. The van der Waals surface area contributed by atoms with Crippen molar-refractivity contribution in [2.75, 3.05) is 11.9 Å². The zero-order valence-corrected chi connectivity index (χ0v) is 14.1. The van der Waals surface area contributed by atoms with E-state index in [9.17, 15) is 20.4 Å². The first-order chi connectivity index (χ1) is 12.6. The van der Waals surface area contributed by atoms with Crippen LogP contribution >= 0.6 is 0 Å². The molecular formula is C16H23N5O5. The second-order valence-electron chi connectivity index (χ2n) is 6.94. The molecule has 0 unspecified atom stereocenters. The predicted octanol–water partition coefficient (Wildman–Crippen LogP) is -0.847. The molecule has 2 aromatic heterocycles. The van der Waals surface area contributed by atoms with Crippen LogP contribution in [0.15, 0.2) is 12.7 Å². The van der Waals surface area contributed by atoms with Crippen molar-refractivity contribution in [1.29, 1.82) is 0 Å². The van der Waals surface area contributed by atoms with Crippen molar-refractivity contribution in [2.24, 2.45) is 0 Å². The number of nitrogens with one attached hydrogen (secondary N) is 1. The average molecular weight is 365 g/mol. The number of rotatable bonds is 4. The molecule has 10 nitrogen and oxygen atoms in total. The number of aliphatic hydroxyl groups is 4. The van der Waals surface area contributed by atoms with Gasteiger partial charge in [0.25, 0.3) is 0 Å². The molecule has 2 fully saturated rings. The minimum Gasteiger partial charge on any atom is -0.394 e. The Morgan fingerprint density at radius 2 is 2.00 bits per heavy atom. The SMILES string of the molecule is OC[C@H]1O[C@@H](n2cnc3c(N[C@H]4CCC[C@@H](O)C4)ncnc32)[C@H](O)[C@@H]1O. The zero-order valence-electron chi connectivity index (χ0n) is 14.1. The van der Waals surface area contributed by atoms with E-state index in [4.69, 9.17) is 4.74 Å². The molecule has 0 aromatic carbocycles. The van der Waals surface area contributed by atoms with Crippen molar-refractivity contribution >= 4 is 17.0 Å². The van der Waals surface area contributed by atoms with E-state index in [1.54, 1.807) is 0 Å². The van der Waals surface area contributed by atoms with Crippen molar-refractivity contribution in [1.82, 2.24) is 19.5 Å². The van der Waals surface area contributed by atoms with Crippen LogP contribution in [0.25, 0.3) is 11.2 Å². The Morgan fingerprint density at radius 3 is 2.73 bits per heavy atom. The number of aromatic nitrogens is 4. The predicted molar refractivity (Wildman–Crippen MR) is 90.2 cm³/mol. The number of aliphatic hydroxyl groups excluding tert-OH is 4. The van der Waals surface area contributed by atoms with E-state index in [1.807, 2.05) is 0 Å². The van der Waals surface area contributed by atoms with Crippen LogP contribution in [0.3, 0.4) is 0 Å². The van der Waals surface area contributed by atoms with E-state index in [2.05, 4.69) is 20.3 Å². The van der Waals surface area contributed by atoms with Gasteiger partial charge in [-0.3, -0.25) is 4.57 Å². The molecule has 2 aliphatic rings. The fraction of sp³-hybridized carbons (Fsp3) is 0.688. The number of anilines is 1. The molecule has 2 aromatic rings. The minimum absolute atomic E-state index is 0.107. The van der Waals surface area contributed by atoms with Crippen molar-refractivity contribution < 1.29 is 25.2 Å². The topological polar surface area (TPSA) is 146 Å². The highest BCUT2D eigenvalue weighted by molar-refractivity contribution is 5.82. The number of imidazole rings is 1. The van der Waals surface area contributed by atoms with Gasteiger partial charge in [-0.1, -0.05) is 0 Å². The second-order valence-corrected chi connectivity index (χ2v) is 6.94. The molecule has 5 N–H and O–H groups in total. The van der Waals surface area contributed by atoms with Gasteiger partial charge >= 0.3 is 0 Å². The molecule has 3 heterocycles. The highest BCUT2D eigenvalue weighted by Crippen LogP contribution is 2.32. The first-order valence-electron chi connectivity index (χ1n) is 8.83. The summed E-state index contributed by atoms with van der Waals surface area (Å²) in [5, 5.41) is 42.6. The van der Waals surface area contributed by atoms with Gasteiger partial charge in [-0.25, -0.2) is 15.0 Å².